The van der Waals surface area contributed by atoms with Gasteiger partial charge in [-0.25, -0.2) is 0 Å². The maximum Gasteiger partial charge on any atom is 0.255 e. The van der Waals surface area contributed by atoms with Crippen molar-refractivity contribution >= 4 is 11.9 Å². The maximum atomic E-state index is 10.5. The Bertz CT molecular complexity index is 396. The van der Waals surface area contributed by atoms with Crippen molar-refractivity contribution in [3.63, 3.8) is 0 Å². The van der Waals surface area contributed by atoms with Gasteiger partial charge in [-0.15, -0.1) is 0 Å². The van der Waals surface area contributed by atoms with Gasteiger partial charge in [-0.3, -0.25) is 4.79 Å². The Morgan fingerprint density at radius 1 is 1.21 bits per heavy atom. The molecule has 0 amide bonds. The molecular weight excluding hydrogens is 174 g/mol. The largest absolute Gasteiger partial charge is 0.278 e. The molecule has 1 aromatic rings. The van der Waals surface area contributed by atoms with Crippen molar-refractivity contribution < 1.29 is 4.79 Å². The molecule has 0 aliphatic rings. The van der Waals surface area contributed by atoms with Crippen LogP contribution in [0, 0.1) is 11.3 Å². The fourth-order valence-electron chi connectivity index (χ4n) is 0.911. The summed E-state index contributed by atoms with van der Waals surface area (Å²) in [4.78, 5) is 10.5. The highest BCUT2D eigenvalue weighted by atomic mass is 16.1. The van der Waals surface area contributed by atoms with Crippen molar-refractivity contribution in [2.45, 2.75) is 0 Å². The number of allylic oxidation sites excluding steroid dienone is 3. The van der Waals surface area contributed by atoms with Crippen molar-refractivity contribution in [1.29, 1.82) is 5.26 Å². The highest BCUT2D eigenvalue weighted by molar-refractivity contribution is 6.02. The number of carbonyl (C=O) groups is 1. The molecule has 2 heteroatoms. The number of hydrogen-bond acceptors (Lipinski definition) is 2. The van der Waals surface area contributed by atoms with E-state index >= 15 is 0 Å². The third-order valence-corrected chi connectivity index (χ3v) is 1.56. The summed E-state index contributed by atoms with van der Waals surface area (Å²) in [7, 11) is 0. The fraction of sp³-hybridized carbons (Fsp3) is 0. The average molecular weight is 183 g/mol. The minimum Gasteiger partial charge on any atom is -0.278 e. The van der Waals surface area contributed by atoms with E-state index in [4.69, 9.17) is 5.26 Å². The van der Waals surface area contributed by atoms with Gasteiger partial charge in [0.25, 0.3) is 5.78 Å². The van der Waals surface area contributed by atoms with Crippen molar-refractivity contribution in [3.8, 4) is 6.07 Å². The van der Waals surface area contributed by atoms with E-state index in [1.54, 1.807) is 12.2 Å². The van der Waals surface area contributed by atoms with Gasteiger partial charge < -0.3 is 0 Å². The van der Waals surface area contributed by atoms with E-state index < -0.39 is 5.78 Å². The maximum absolute atomic E-state index is 10.5. The monoisotopic (exact) mass is 183 g/mol. The summed E-state index contributed by atoms with van der Waals surface area (Å²) in [6.07, 6.45) is 6.38. The van der Waals surface area contributed by atoms with E-state index in [-0.39, 0.29) is 0 Å². The Morgan fingerprint density at radius 3 is 2.57 bits per heavy atom. The van der Waals surface area contributed by atoms with Crippen LogP contribution in [0.2, 0.25) is 0 Å². The summed E-state index contributed by atoms with van der Waals surface area (Å²) >= 11 is 0. The van der Waals surface area contributed by atoms with Crippen molar-refractivity contribution in [1.82, 2.24) is 0 Å². The van der Waals surface area contributed by atoms with Gasteiger partial charge in [0, 0.05) is 0 Å². The second-order valence-electron chi connectivity index (χ2n) is 2.60. The second kappa shape index (κ2) is 5.50. The van der Waals surface area contributed by atoms with Gasteiger partial charge in [-0.1, -0.05) is 48.6 Å². The summed E-state index contributed by atoms with van der Waals surface area (Å²) in [5.41, 5.74) is 1.06. The molecule has 0 spiro atoms. The molecule has 2 nitrogen and oxygen atoms in total. The van der Waals surface area contributed by atoms with Gasteiger partial charge in [0.2, 0.25) is 0 Å². The van der Waals surface area contributed by atoms with E-state index in [0.29, 0.717) is 0 Å². The number of benzene rings is 1. The Hall–Kier alpha value is -2.14. The highest BCUT2D eigenvalue weighted by Crippen LogP contribution is 2.00. The lowest BCUT2D eigenvalue weighted by atomic mass is 10.2. The Balaban J connectivity index is 2.55. The SMILES string of the molecule is N#CC(=O)C=CC=Cc1ccccc1. The normalized spacial score (nSPS) is 10.5. The first kappa shape index (κ1) is 9.94. The number of ketones is 1. The van der Waals surface area contributed by atoms with Crippen LogP contribution in [0.5, 0.6) is 0 Å². The van der Waals surface area contributed by atoms with E-state index in [0.717, 1.165) is 5.56 Å². The topological polar surface area (TPSA) is 40.9 Å². The standard InChI is InChI=1S/C12H9NO/c13-10-12(14)9-5-4-8-11-6-2-1-3-7-11/h1-9H. The molecule has 0 N–H and O–H groups in total. The third kappa shape index (κ3) is 3.51. The number of nitriles is 1. The van der Waals surface area contributed by atoms with Crippen LogP contribution in [0.4, 0.5) is 0 Å². The van der Waals surface area contributed by atoms with Crippen LogP contribution in [0.25, 0.3) is 6.08 Å². The van der Waals surface area contributed by atoms with E-state index in [9.17, 15) is 4.79 Å². The predicted molar refractivity (Wildman–Crippen MR) is 55.2 cm³/mol. The molecule has 1 rings (SSSR count). The van der Waals surface area contributed by atoms with Crippen LogP contribution in [0.3, 0.4) is 0 Å². The summed E-state index contributed by atoms with van der Waals surface area (Å²) in [5, 5.41) is 8.18. The summed E-state index contributed by atoms with van der Waals surface area (Å²) in [6, 6.07) is 11.2. The van der Waals surface area contributed by atoms with E-state index in [1.807, 2.05) is 36.4 Å². The average Bonchev–Trinajstić information content (AvgIpc) is 2.25. The van der Waals surface area contributed by atoms with Gasteiger partial charge >= 0.3 is 0 Å². The Labute approximate surface area is 82.8 Å². The second-order valence-corrected chi connectivity index (χ2v) is 2.60. The van der Waals surface area contributed by atoms with E-state index in [1.165, 1.54) is 12.1 Å². The van der Waals surface area contributed by atoms with Crippen molar-refractivity contribution in [2.75, 3.05) is 0 Å². The van der Waals surface area contributed by atoms with Crippen LogP contribution in [0.1, 0.15) is 5.56 Å². The third-order valence-electron chi connectivity index (χ3n) is 1.56. The van der Waals surface area contributed by atoms with Crippen LogP contribution >= 0.6 is 0 Å². The van der Waals surface area contributed by atoms with Gasteiger partial charge in [-0.05, 0) is 11.6 Å². The van der Waals surface area contributed by atoms with Crippen LogP contribution in [-0.2, 0) is 4.79 Å². The molecule has 14 heavy (non-hydrogen) atoms. The van der Waals surface area contributed by atoms with Crippen LogP contribution < -0.4 is 0 Å². The van der Waals surface area contributed by atoms with Crippen LogP contribution in [0.15, 0.2) is 48.6 Å². The Kier molecular flexibility index (Phi) is 3.90. The highest BCUT2D eigenvalue weighted by Gasteiger charge is 1.86. The molecular formula is C12H9NO. The molecule has 0 heterocycles. The molecule has 0 aromatic heterocycles. The summed E-state index contributed by atoms with van der Waals surface area (Å²) in [5.74, 6) is -0.539. The van der Waals surface area contributed by atoms with Crippen LogP contribution in [-0.4, -0.2) is 5.78 Å². The molecule has 0 atom stereocenters. The molecule has 0 aliphatic heterocycles. The quantitative estimate of drug-likeness (QED) is 0.410. The number of nitrogens with zero attached hydrogens (tertiary/aromatic N) is 1. The molecule has 0 saturated heterocycles. The minimum atomic E-state index is -0.539. The first-order valence-corrected chi connectivity index (χ1v) is 4.17. The smallest absolute Gasteiger partial charge is 0.255 e. The van der Waals surface area contributed by atoms with Gasteiger partial charge in [-0.2, -0.15) is 5.26 Å². The summed E-state index contributed by atoms with van der Waals surface area (Å²) in [6.45, 7) is 0. The number of carbonyl (C=O) groups excluding carboxylic acids is 1. The van der Waals surface area contributed by atoms with Crippen molar-refractivity contribution in [2.24, 2.45) is 0 Å². The molecule has 1 aromatic carbocycles. The fourth-order valence-corrected chi connectivity index (χ4v) is 0.911. The van der Waals surface area contributed by atoms with Gasteiger partial charge in [0.15, 0.2) is 0 Å². The zero-order chi connectivity index (χ0) is 10.2. The first-order valence-electron chi connectivity index (χ1n) is 4.17. The molecule has 0 bridgehead atoms. The van der Waals surface area contributed by atoms with Crippen molar-refractivity contribution in [3.05, 3.63) is 54.1 Å². The first-order chi connectivity index (χ1) is 6.83. The van der Waals surface area contributed by atoms with E-state index in [2.05, 4.69) is 0 Å². The van der Waals surface area contributed by atoms with Gasteiger partial charge in [0.05, 0.1) is 0 Å². The zero-order valence-electron chi connectivity index (χ0n) is 7.55. The minimum absolute atomic E-state index is 0.539. The van der Waals surface area contributed by atoms with Gasteiger partial charge in [0.1, 0.15) is 6.07 Å². The lowest BCUT2D eigenvalue weighted by Crippen LogP contribution is -1.82. The zero-order valence-corrected chi connectivity index (χ0v) is 7.55. The summed E-state index contributed by atoms with van der Waals surface area (Å²) < 4.78 is 0. The lowest BCUT2D eigenvalue weighted by Gasteiger charge is -1.87. The molecule has 0 radical (unpaired) electrons. The molecule has 0 unspecified atom stereocenters. The number of rotatable bonds is 3. The Morgan fingerprint density at radius 2 is 1.93 bits per heavy atom. The number of hydrogen-bond donors (Lipinski definition) is 0. The molecule has 0 fully saturated rings. The molecule has 0 saturated carbocycles. The molecule has 0 aliphatic carbocycles. The predicted octanol–water partition coefficient (Wildman–Crippen LogP) is 2.35. The molecule has 68 valence electrons. The lowest BCUT2D eigenvalue weighted by molar-refractivity contribution is -0.109.